The van der Waals surface area contributed by atoms with Crippen LogP contribution >= 0.6 is 0 Å². The molecular formula is C16H20FN5O3. The molecule has 2 aromatic rings. The van der Waals surface area contributed by atoms with Crippen LogP contribution in [0, 0.1) is 12.7 Å². The van der Waals surface area contributed by atoms with E-state index in [0.29, 0.717) is 30.2 Å². The molecule has 2 amide bonds. The van der Waals surface area contributed by atoms with Crippen LogP contribution in [0.5, 0.6) is 0 Å². The standard InChI is InChI=1S/C16H20FN5O3/c1-11-15(18-14(23)5-4-10-21(2)16(24)25-3)19-20-22(11)13-8-6-12(17)7-9-13/h6-9H,4-5,10H2,1-3H3,(H,18,23). The van der Waals surface area contributed by atoms with Gasteiger partial charge in [0.15, 0.2) is 5.82 Å². The third-order valence-corrected chi connectivity index (χ3v) is 3.61. The van der Waals surface area contributed by atoms with Gasteiger partial charge in [-0.25, -0.2) is 13.9 Å². The first kappa shape index (κ1) is 18.4. The van der Waals surface area contributed by atoms with Crippen LogP contribution in [0.3, 0.4) is 0 Å². The van der Waals surface area contributed by atoms with E-state index in [4.69, 9.17) is 0 Å². The minimum Gasteiger partial charge on any atom is -0.453 e. The number of hydrogen-bond donors (Lipinski definition) is 1. The lowest BCUT2D eigenvalue weighted by Gasteiger charge is -2.14. The maximum absolute atomic E-state index is 13.0. The molecule has 0 spiro atoms. The summed E-state index contributed by atoms with van der Waals surface area (Å²) in [6.45, 7) is 2.16. The number of rotatable bonds is 6. The summed E-state index contributed by atoms with van der Waals surface area (Å²) in [7, 11) is 2.90. The Morgan fingerprint density at radius 2 is 2.00 bits per heavy atom. The highest BCUT2D eigenvalue weighted by atomic mass is 19.1. The molecule has 0 aliphatic heterocycles. The minimum absolute atomic E-state index is 0.226. The first-order valence-corrected chi connectivity index (χ1v) is 7.69. The van der Waals surface area contributed by atoms with E-state index in [2.05, 4.69) is 20.4 Å². The SMILES string of the molecule is COC(=O)N(C)CCCC(=O)Nc1nnn(-c2ccc(F)cc2)c1C. The molecule has 0 fully saturated rings. The predicted molar refractivity (Wildman–Crippen MR) is 89.0 cm³/mol. The predicted octanol–water partition coefficient (Wildman–Crippen LogP) is 2.13. The van der Waals surface area contributed by atoms with Crippen molar-refractivity contribution >= 4 is 17.8 Å². The maximum Gasteiger partial charge on any atom is 0.409 e. The van der Waals surface area contributed by atoms with E-state index >= 15 is 0 Å². The van der Waals surface area contributed by atoms with Crippen molar-refractivity contribution in [3.05, 3.63) is 35.8 Å². The monoisotopic (exact) mass is 349 g/mol. The Kier molecular flexibility index (Phi) is 6.04. The van der Waals surface area contributed by atoms with Crippen LogP contribution < -0.4 is 5.32 Å². The van der Waals surface area contributed by atoms with Crippen LogP contribution in [0.4, 0.5) is 15.0 Å². The van der Waals surface area contributed by atoms with E-state index < -0.39 is 6.09 Å². The second-order valence-corrected chi connectivity index (χ2v) is 5.45. The van der Waals surface area contributed by atoms with E-state index in [1.807, 2.05) is 0 Å². The first-order chi connectivity index (χ1) is 11.9. The number of ether oxygens (including phenoxy) is 1. The van der Waals surface area contributed by atoms with Gasteiger partial charge in [-0.3, -0.25) is 4.79 Å². The van der Waals surface area contributed by atoms with Crippen LogP contribution in [0.2, 0.25) is 0 Å². The number of carbonyl (C=O) groups excluding carboxylic acids is 2. The van der Waals surface area contributed by atoms with E-state index in [0.717, 1.165) is 0 Å². The third-order valence-electron chi connectivity index (χ3n) is 3.61. The number of nitrogens with one attached hydrogen (secondary N) is 1. The molecule has 1 aromatic carbocycles. The number of methoxy groups -OCH3 is 1. The molecule has 0 unspecified atom stereocenters. The number of nitrogens with zero attached hydrogens (tertiary/aromatic N) is 4. The highest BCUT2D eigenvalue weighted by molar-refractivity contribution is 5.90. The number of anilines is 1. The molecule has 0 saturated heterocycles. The molecule has 2 rings (SSSR count). The second-order valence-electron chi connectivity index (χ2n) is 5.45. The van der Waals surface area contributed by atoms with Gasteiger partial charge in [-0.1, -0.05) is 5.21 Å². The molecule has 1 heterocycles. The quantitative estimate of drug-likeness (QED) is 0.863. The van der Waals surface area contributed by atoms with Gasteiger partial charge < -0.3 is 15.0 Å². The molecule has 0 aliphatic rings. The van der Waals surface area contributed by atoms with Crippen LogP contribution in [-0.2, 0) is 9.53 Å². The zero-order chi connectivity index (χ0) is 18.4. The van der Waals surface area contributed by atoms with Crippen molar-refractivity contribution < 1.29 is 18.7 Å². The second kappa shape index (κ2) is 8.22. The Balaban J connectivity index is 1.91. The summed E-state index contributed by atoms with van der Waals surface area (Å²) in [5.41, 5.74) is 1.28. The maximum atomic E-state index is 13.0. The zero-order valence-electron chi connectivity index (χ0n) is 14.3. The lowest BCUT2D eigenvalue weighted by molar-refractivity contribution is -0.116. The first-order valence-electron chi connectivity index (χ1n) is 7.69. The van der Waals surface area contributed by atoms with Gasteiger partial charge in [0.1, 0.15) is 5.82 Å². The Hall–Kier alpha value is -2.97. The molecular weight excluding hydrogens is 329 g/mol. The molecule has 8 nitrogen and oxygen atoms in total. The fourth-order valence-corrected chi connectivity index (χ4v) is 2.19. The van der Waals surface area contributed by atoms with E-state index in [-0.39, 0.29) is 18.1 Å². The lowest BCUT2D eigenvalue weighted by atomic mass is 10.3. The number of benzene rings is 1. The van der Waals surface area contributed by atoms with Gasteiger partial charge in [0.25, 0.3) is 0 Å². The van der Waals surface area contributed by atoms with Gasteiger partial charge in [-0.2, -0.15) is 0 Å². The van der Waals surface area contributed by atoms with E-state index in [9.17, 15) is 14.0 Å². The molecule has 1 N–H and O–H groups in total. The molecule has 25 heavy (non-hydrogen) atoms. The molecule has 0 saturated carbocycles. The fraction of sp³-hybridized carbons (Fsp3) is 0.375. The van der Waals surface area contributed by atoms with Crippen molar-refractivity contribution in [1.82, 2.24) is 19.9 Å². The van der Waals surface area contributed by atoms with Crippen LogP contribution in [0.25, 0.3) is 5.69 Å². The number of aromatic nitrogens is 3. The smallest absolute Gasteiger partial charge is 0.409 e. The summed E-state index contributed by atoms with van der Waals surface area (Å²) < 4.78 is 19.1. The van der Waals surface area contributed by atoms with Crippen LogP contribution in [-0.4, -0.2) is 52.6 Å². The highest BCUT2D eigenvalue weighted by Crippen LogP contribution is 2.16. The van der Waals surface area contributed by atoms with E-state index in [1.165, 1.54) is 28.8 Å². The average molecular weight is 349 g/mol. The number of amides is 2. The molecule has 0 radical (unpaired) electrons. The summed E-state index contributed by atoms with van der Waals surface area (Å²) >= 11 is 0. The van der Waals surface area contributed by atoms with Gasteiger partial charge in [-0.05, 0) is 37.6 Å². The number of halogens is 1. The molecule has 9 heteroatoms. The normalized spacial score (nSPS) is 10.4. The zero-order valence-corrected chi connectivity index (χ0v) is 14.3. The van der Waals surface area contributed by atoms with Crippen molar-refractivity contribution in [2.24, 2.45) is 0 Å². The summed E-state index contributed by atoms with van der Waals surface area (Å²) in [6, 6.07) is 5.80. The summed E-state index contributed by atoms with van der Waals surface area (Å²) in [5, 5.41) is 10.6. The molecule has 1 aromatic heterocycles. The highest BCUT2D eigenvalue weighted by Gasteiger charge is 2.14. The van der Waals surface area contributed by atoms with Crippen molar-refractivity contribution in [2.75, 3.05) is 26.0 Å². The van der Waals surface area contributed by atoms with Gasteiger partial charge >= 0.3 is 6.09 Å². The minimum atomic E-state index is -0.446. The summed E-state index contributed by atoms with van der Waals surface area (Å²) in [5.74, 6) is -0.227. The van der Waals surface area contributed by atoms with Crippen molar-refractivity contribution in [3.8, 4) is 5.69 Å². The Bertz CT molecular complexity index is 745. The lowest BCUT2D eigenvalue weighted by Crippen LogP contribution is -2.28. The third kappa shape index (κ3) is 4.75. The molecule has 0 bridgehead atoms. The Labute approximate surface area is 144 Å². The summed E-state index contributed by atoms with van der Waals surface area (Å²) in [6.07, 6.45) is 0.269. The van der Waals surface area contributed by atoms with Gasteiger partial charge in [0, 0.05) is 20.0 Å². The molecule has 0 aliphatic carbocycles. The van der Waals surface area contributed by atoms with Gasteiger partial charge in [-0.15, -0.1) is 5.10 Å². The Morgan fingerprint density at radius 1 is 1.32 bits per heavy atom. The fourth-order valence-electron chi connectivity index (χ4n) is 2.19. The number of carbonyl (C=O) groups is 2. The van der Waals surface area contributed by atoms with Crippen molar-refractivity contribution in [2.45, 2.75) is 19.8 Å². The summed E-state index contributed by atoms with van der Waals surface area (Å²) in [4.78, 5) is 24.6. The number of hydrogen-bond acceptors (Lipinski definition) is 5. The van der Waals surface area contributed by atoms with Gasteiger partial charge in [0.05, 0.1) is 18.5 Å². The molecule has 134 valence electrons. The van der Waals surface area contributed by atoms with E-state index in [1.54, 1.807) is 26.1 Å². The van der Waals surface area contributed by atoms with Gasteiger partial charge in [0.2, 0.25) is 5.91 Å². The van der Waals surface area contributed by atoms with Crippen molar-refractivity contribution in [3.63, 3.8) is 0 Å². The van der Waals surface area contributed by atoms with Crippen molar-refractivity contribution in [1.29, 1.82) is 0 Å². The largest absolute Gasteiger partial charge is 0.453 e. The van der Waals surface area contributed by atoms with Crippen LogP contribution in [0.15, 0.2) is 24.3 Å². The Morgan fingerprint density at radius 3 is 2.64 bits per heavy atom. The average Bonchev–Trinajstić information content (AvgIpc) is 2.95. The molecule has 0 atom stereocenters. The van der Waals surface area contributed by atoms with Crippen LogP contribution in [0.1, 0.15) is 18.5 Å². The topological polar surface area (TPSA) is 89.3 Å².